The summed E-state index contributed by atoms with van der Waals surface area (Å²) in [5.41, 5.74) is 0. The molecule has 1 fully saturated rings. The van der Waals surface area contributed by atoms with Gasteiger partial charge in [-0.25, -0.2) is 0 Å². The summed E-state index contributed by atoms with van der Waals surface area (Å²) in [6.45, 7) is 7.03. The van der Waals surface area contributed by atoms with Gasteiger partial charge in [0.05, 0.1) is 0 Å². The van der Waals surface area contributed by atoms with Crippen LogP contribution in [0.2, 0.25) is 13.1 Å². The predicted molar refractivity (Wildman–Crippen MR) is 36.1 cm³/mol. The topological polar surface area (TPSA) is 9.23 Å². The maximum absolute atomic E-state index is 5.47. The summed E-state index contributed by atoms with van der Waals surface area (Å²) in [6.07, 6.45) is 1.73. The number of hydrogen-bond donors (Lipinski definition) is 0. The minimum atomic E-state index is 0.491. The Kier molecular flexibility index (Phi) is 1.61. The zero-order valence-electron chi connectivity index (χ0n) is 5.85. The van der Waals surface area contributed by atoms with Crippen molar-refractivity contribution >= 4 is 6.92 Å². The fourth-order valence-electron chi connectivity index (χ4n) is 1.27. The quantitative estimate of drug-likeness (QED) is 0.433. The molecule has 0 amide bonds. The predicted octanol–water partition coefficient (Wildman–Crippen LogP) is 1.66. The van der Waals surface area contributed by atoms with Crippen molar-refractivity contribution in [1.29, 1.82) is 0 Å². The molecule has 1 aliphatic heterocycles. The van der Waals surface area contributed by atoms with Crippen molar-refractivity contribution in [2.45, 2.75) is 33.1 Å². The van der Waals surface area contributed by atoms with Gasteiger partial charge in [-0.2, -0.15) is 0 Å². The number of rotatable bonds is 0. The van der Waals surface area contributed by atoms with Crippen LogP contribution in [0.25, 0.3) is 0 Å². The normalized spacial score (nSPS) is 38.6. The first kappa shape index (κ1) is 6.15. The van der Waals surface area contributed by atoms with E-state index in [-0.39, 0.29) is 0 Å². The van der Waals surface area contributed by atoms with E-state index in [4.69, 9.17) is 4.65 Å². The van der Waals surface area contributed by atoms with Gasteiger partial charge in [0.15, 0.2) is 0 Å². The summed E-state index contributed by atoms with van der Waals surface area (Å²) in [5, 5.41) is 0. The van der Waals surface area contributed by atoms with Crippen LogP contribution in [-0.4, -0.2) is 13.0 Å². The van der Waals surface area contributed by atoms with Crippen molar-refractivity contribution in [3.63, 3.8) is 0 Å². The van der Waals surface area contributed by atoms with Gasteiger partial charge in [-0.05, 0) is 19.2 Å². The Balaban J connectivity index is 2.39. The Morgan fingerprint density at radius 2 is 2.12 bits per heavy atom. The molecule has 1 rings (SSSR count). The summed E-state index contributed by atoms with van der Waals surface area (Å²) in [7, 11) is 0. The third kappa shape index (κ3) is 1.05. The van der Waals surface area contributed by atoms with E-state index in [0.29, 0.717) is 13.0 Å². The third-order valence-electron chi connectivity index (χ3n) is 1.95. The van der Waals surface area contributed by atoms with Gasteiger partial charge < -0.3 is 4.65 Å². The van der Waals surface area contributed by atoms with Crippen LogP contribution >= 0.6 is 0 Å². The van der Waals surface area contributed by atoms with E-state index in [1.807, 2.05) is 0 Å². The van der Waals surface area contributed by atoms with E-state index in [9.17, 15) is 0 Å². The lowest BCUT2D eigenvalue weighted by molar-refractivity contribution is 0.214. The summed E-state index contributed by atoms with van der Waals surface area (Å²) in [6, 6.07) is 0. The van der Waals surface area contributed by atoms with E-state index in [1.54, 1.807) is 0 Å². The van der Waals surface area contributed by atoms with Gasteiger partial charge in [0.2, 0.25) is 0 Å². The monoisotopic (exact) mass is 112 g/mol. The molecule has 8 heavy (non-hydrogen) atoms. The first-order valence-corrected chi connectivity index (χ1v) is 3.35. The summed E-state index contributed by atoms with van der Waals surface area (Å²) in [4.78, 5) is 0. The van der Waals surface area contributed by atoms with Crippen molar-refractivity contribution in [2.24, 2.45) is 5.92 Å². The maximum Gasteiger partial charge on any atom is 0.290 e. The molecule has 1 nitrogen and oxygen atoms in total. The number of hydrogen-bond acceptors (Lipinski definition) is 1. The Morgan fingerprint density at radius 1 is 1.50 bits per heavy atom. The fraction of sp³-hybridized carbons (Fsp3) is 1.00. The lowest BCUT2D eigenvalue weighted by Gasteiger charge is -2.06. The summed E-state index contributed by atoms with van der Waals surface area (Å²) < 4.78 is 5.47. The van der Waals surface area contributed by atoms with E-state index in [2.05, 4.69) is 20.7 Å². The molecule has 0 aromatic carbocycles. The molecule has 0 aromatic rings. The van der Waals surface area contributed by atoms with Crippen LogP contribution in [0.5, 0.6) is 0 Å². The van der Waals surface area contributed by atoms with Gasteiger partial charge in [0, 0.05) is 6.10 Å². The van der Waals surface area contributed by atoms with Crippen molar-refractivity contribution in [1.82, 2.24) is 0 Å². The Labute approximate surface area is 51.5 Å². The van der Waals surface area contributed by atoms with Crippen molar-refractivity contribution < 1.29 is 4.65 Å². The average Bonchev–Trinajstić information content (AvgIpc) is 1.85. The molecule has 1 aliphatic rings. The zero-order valence-corrected chi connectivity index (χ0v) is 5.85. The van der Waals surface area contributed by atoms with Gasteiger partial charge in [-0.3, -0.25) is 0 Å². The first-order chi connectivity index (χ1) is 3.70. The van der Waals surface area contributed by atoms with Gasteiger partial charge in [-0.15, -0.1) is 0 Å². The second-order valence-electron chi connectivity index (χ2n) is 2.86. The van der Waals surface area contributed by atoms with E-state index in [0.717, 1.165) is 5.92 Å². The smallest absolute Gasteiger partial charge is 0.290 e. The van der Waals surface area contributed by atoms with Crippen LogP contribution in [0, 0.1) is 5.92 Å². The van der Waals surface area contributed by atoms with Crippen LogP contribution in [-0.2, 0) is 4.65 Å². The van der Waals surface area contributed by atoms with Gasteiger partial charge in [0.1, 0.15) is 0 Å². The molecule has 0 radical (unpaired) electrons. The van der Waals surface area contributed by atoms with Crippen LogP contribution in [0.3, 0.4) is 0 Å². The van der Waals surface area contributed by atoms with E-state index >= 15 is 0 Å². The molecule has 1 heterocycles. The third-order valence-corrected chi connectivity index (χ3v) is 1.95. The van der Waals surface area contributed by atoms with E-state index < -0.39 is 0 Å². The molecule has 2 unspecified atom stereocenters. The molecule has 2 heteroatoms. The van der Waals surface area contributed by atoms with E-state index in [1.165, 1.54) is 6.32 Å². The first-order valence-electron chi connectivity index (χ1n) is 3.35. The van der Waals surface area contributed by atoms with Gasteiger partial charge >= 0.3 is 0 Å². The Hall–Kier alpha value is 0.0249. The highest BCUT2D eigenvalue weighted by molar-refractivity contribution is 6.51. The molecular weight excluding hydrogens is 98.9 g/mol. The lowest BCUT2D eigenvalue weighted by atomic mass is 9.67. The van der Waals surface area contributed by atoms with Crippen molar-refractivity contribution in [3.05, 3.63) is 0 Å². The molecule has 0 N–H and O–H groups in total. The van der Waals surface area contributed by atoms with Gasteiger partial charge in [0.25, 0.3) is 6.92 Å². The van der Waals surface area contributed by atoms with Crippen LogP contribution in [0.15, 0.2) is 0 Å². The SMILES string of the molecule is CB1CC(C)C(C)O1. The summed E-state index contributed by atoms with van der Waals surface area (Å²) >= 11 is 0. The standard InChI is InChI=1S/C6H13BO/c1-5-4-7(3)8-6(5)2/h5-6H,4H2,1-3H3. The zero-order chi connectivity index (χ0) is 6.15. The molecular formula is C6H13BO. The van der Waals surface area contributed by atoms with Crippen molar-refractivity contribution in [3.8, 4) is 0 Å². The highest BCUT2D eigenvalue weighted by atomic mass is 16.5. The second kappa shape index (κ2) is 2.10. The van der Waals surface area contributed by atoms with Crippen LogP contribution in [0.1, 0.15) is 13.8 Å². The summed E-state index contributed by atoms with van der Waals surface area (Å²) in [5.74, 6) is 0.769. The fourth-order valence-corrected chi connectivity index (χ4v) is 1.27. The molecule has 0 bridgehead atoms. The average molecular weight is 112 g/mol. The van der Waals surface area contributed by atoms with Crippen LogP contribution < -0.4 is 0 Å². The van der Waals surface area contributed by atoms with Crippen LogP contribution in [0.4, 0.5) is 0 Å². The second-order valence-corrected chi connectivity index (χ2v) is 2.86. The maximum atomic E-state index is 5.47. The molecule has 2 atom stereocenters. The molecule has 1 saturated heterocycles. The molecule has 0 saturated carbocycles. The Morgan fingerprint density at radius 3 is 2.25 bits per heavy atom. The van der Waals surface area contributed by atoms with Gasteiger partial charge in [-0.1, -0.05) is 13.7 Å². The molecule has 46 valence electrons. The molecule has 0 spiro atoms. The highest BCUT2D eigenvalue weighted by Gasteiger charge is 2.27. The lowest BCUT2D eigenvalue weighted by Crippen LogP contribution is -2.08. The minimum absolute atomic E-state index is 0.491. The Bertz CT molecular complexity index is 74.6. The minimum Gasteiger partial charge on any atom is -0.434 e. The highest BCUT2D eigenvalue weighted by Crippen LogP contribution is 2.23. The van der Waals surface area contributed by atoms with Crippen molar-refractivity contribution in [2.75, 3.05) is 0 Å². The molecule has 0 aliphatic carbocycles. The largest absolute Gasteiger partial charge is 0.434 e. The molecule has 0 aromatic heterocycles.